The molecule has 0 bridgehead atoms. The van der Waals surface area contributed by atoms with Crippen LogP contribution in [0.1, 0.15) is 16.2 Å². The quantitative estimate of drug-likeness (QED) is 0.348. The van der Waals surface area contributed by atoms with E-state index in [1.165, 1.54) is 31.1 Å². The Bertz CT molecular complexity index is 1160. The Morgan fingerprint density at radius 2 is 2.07 bits per heavy atom. The number of methoxy groups -OCH3 is 1. The zero-order valence-corrected chi connectivity index (χ0v) is 17.2. The normalized spacial score (nSPS) is 12.4. The Morgan fingerprint density at radius 1 is 1.30 bits per heavy atom. The molecule has 0 aliphatic carbocycles. The van der Waals surface area contributed by atoms with Crippen LogP contribution in [0.25, 0.3) is 11.2 Å². The van der Waals surface area contributed by atoms with Crippen LogP contribution in [0.5, 0.6) is 0 Å². The molecule has 0 aliphatic heterocycles. The van der Waals surface area contributed by atoms with Crippen LogP contribution in [-0.4, -0.2) is 62.7 Å². The molecule has 162 valence electrons. The summed E-state index contributed by atoms with van der Waals surface area (Å²) in [6, 6.07) is 1.48. The van der Waals surface area contributed by atoms with Crippen molar-refractivity contribution in [3.8, 4) is 0 Å². The zero-order chi connectivity index (χ0) is 21.8. The summed E-state index contributed by atoms with van der Waals surface area (Å²) in [5.41, 5.74) is -0.385. The number of hydrogen-bond donors (Lipinski definition) is 1. The summed E-state index contributed by atoms with van der Waals surface area (Å²) in [6.07, 6.45) is 0.799. The molecule has 0 aromatic carbocycles. The highest BCUT2D eigenvalue weighted by molar-refractivity contribution is 5.87. The molecule has 0 spiro atoms. The molecular weight excluding hydrogens is 396 g/mol. The minimum atomic E-state index is -0.647. The molecule has 0 radical (unpaired) electrons. The average Bonchev–Trinajstić information content (AvgIpc) is 3.34. The number of rotatable bonds is 9. The number of ether oxygens (including phenoxy) is 2. The van der Waals surface area contributed by atoms with Crippen molar-refractivity contribution in [2.45, 2.75) is 19.6 Å². The molecule has 3 aromatic heterocycles. The highest BCUT2D eigenvalue weighted by Gasteiger charge is 2.22. The standard InChI is InChI=1S/C18H24N6O6/c1-11-7-13(21-30-11)17(26)29-12(8-19-5-6-28-4)9-24-10-20-15-14(24)16(25)23(3)18(27)22(15)2/h7,10,12,19H,5-6,8-9H2,1-4H3. The third-order valence-electron chi connectivity index (χ3n) is 4.58. The van der Waals surface area contributed by atoms with Crippen molar-refractivity contribution in [2.24, 2.45) is 14.1 Å². The topological polar surface area (TPSA) is 135 Å². The van der Waals surface area contributed by atoms with E-state index in [0.717, 1.165) is 4.57 Å². The number of hydrogen-bond acceptors (Lipinski definition) is 9. The lowest BCUT2D eigenvalue weighted by atomic mass is 10.3. The summed E-state index contributed by atoms with van der Waals surface area (Å²) in [7, 11) is 4.53. The van der Waals surface area contributed by atoms with Crippen molar-refractivity contribution in [1.29, 1.82) is 0 Å². The fourth-order valence-electron chi connectivity index (χ4n) is 3.01. The van der Waals surface area contributed by atoms with Crippen molar-refractivity contribution < 1.29 is 18.8 Å². The largest absolute Gasteiger partial charge is 0.454 e. The number of esters is 1. The maximum Gasteiger partial charge on any atom is 0.360 e. The van der Waals surface area contributed by atoms with Crippen LogP contribution < -0.4 is 16.6 Å². The molecule has 3 rings (SSSR count). The van der Waals surface area contributed by atoms with Crippen molar-refractivity contribution >= 4 is 17.1 Å². The maximum atomic E-state index is 12.6. The Morgan fingerprint density at radius 3 is 2.73 bits per heavy atom. The van der Waals surface area contributed by atoms with E-state index in [-0.39, 0.29) is 23.4 Å². The Kier molecular flexibility index (Phi) is 6.47. The smallest absolute Gasteiger partial charge is 0.360 e. The molecule has 3 heterocycles. The van der Waals surface area contributed by atoms with Gasteiger partial charge in [0.25, 0.3) is 5.56 Å². The van der Waals surface area contributed by atoms with Crippen LogP contribution in [0.3, 0.4) is 0 Å². The average molecular weight is 420 g/mol. The van der Waals surface area contributed by atoms with Gasteiger partial charge in [-0.25, -0.2) is 14.6 Å². The molecule has 12 heteroatoms. The molecule has 1 N–H and O–H groups in total. The fourth-order valence-corrected chi connectivity index (χ4v) is 3.01. The van der Waals surface area contributed by atoms with Gasteiger partial charge >= 0.3 is 11.7 Å². The monoisotopic (exact) mass is 420 g/mol. The van der Waals surface area contributed by atoms with Gasteiger partial charge in [0.15, 0.2) is 16.9 Å². The SMILES string of the molecule is COCCNCC(Cn1cnc2c1c(=O)n(C)c(=O)n2C)OC(=O)c1cc(C)on1. The lowest BCUT2D eigenvalue weighted by molar-refractivity contribution is 0.0250. The molecule has 0 aliphatic rings. The molecule has 30 heavy (non-hydrogen) atoms. The van der Waals surface area contributed by atoms with Gasteiger partial charge in [0.05, 0.1) is 19.5 Å². The highest BCUT2D eigenvalue weighted by Crippen LogP contribution is 2.10. The Balaban J connectivity index is 1.87. The number of aryl methyl sites for hydroxylation is 2. The number of nitrogens with zero attached hydrogens (tertiary/aromatic N) is 5. The summed E-state index contributed by atoms with van der Waals surface area (Å²) in [6.45, 7) is 3.16. The molecule has 0 saturated carbocycles. The lowest BCUT2D eigenvalue weighted by Crippen LogP contribution is -2.39. The predicted octanol–water partition coefficient (Wildman–Crippen LogP) is -0.808. The van der Waals surface area contributed by atoms with E-state index < -0.39 is 23.3 Å². The van der Waals surface area contributed by atoms with Crippen LogP contribution in [0.2, 0.25) is 0 Å². The summed E-state index contributed by atoms with van der Waals surface area (Å²) in [5.74, 6) is -0.156. The molecule has 1 atom stereocenters. The number of fused-ring (bicyclic) bond motifs is 1. The first-order valence-corrected chi connectivity index (χ1v) is 9.28. The van der Waals surface area contributed by atoms with Gasteiger partial charge in [-0.15, -0.1) is 0 Å². The van der Waals surface area contributed by atoms with Gasteiger partial charge in [0.1, 0.15) is 11.9 Å². The van der Waals surface area contributed by atoms with Gasteiger partial charge in [-0.2, -0.15) is 0 Å². The van der Waals surface area contributed by atoms with Gasteiger partial charge in [-0.05, 0) is 6.92 Å². The zero-order valence-electron chi connectivity index (χ0n) is 17.2. The molecule has 0 fully saturated rings. The maximum absolute atomic E-state index is 12.6. The van der Waals surface area contributed by atoms with Crippen molar-refractivity contribution in [1.82, 2.24) is 29.2 Å². The van der Waals surface area contributed by atoms with Gasteiger partial charge in [0, 0.05) is 40.4 Å². The molecular formula is C18H24N6O6. The third-order valence-corrected chi connectivity index (χ3v) is 4.58. The molecule has 0 saturated heterocycles. The van der Waals surface area contributed by atoms with E-state index in [9.17, 15) is 14.4 Å². The second-order valence-electron chi connectivity index (χ2n) is 6.82. The van der Waals surface area contributed by atoms with Gasteiger partial charge in [0.2, 0.25) is 0 Å². The first-order chi connectivity index (χ1) is 14.3. The summed E-state index contributed by atoms with van der Waals surface area (Å²) in [5, 5.41) is 6.81. The van der Waals surface area contributed by atoms with Crippen LogP contribution in [0, 0.1) is 6.92 Å². The van der Waals surface area contributed by atoms with E-state index >= 15 is 0 Å². The fraction of sp³-hybridized carbons (Fsp3) is 0.500. The number of carbonyl (C=O) groups is 1. The Hall–Kier alpha value is -3.25. The Labute approximate surface area is 171 Å². The molecule has 1 unspecified atom stereocenters. The number of aromatic nitrogens is 5. The second kappa shape index (κ2) is 9.05. The van der Waals surface area contributed by atoms with Gasteiger partial charge < -0.3 is 23.9 Å². The first-order valence-electron chi connectivity index (χ1n) is 9.28. The summed E-state index contributed by atoms with van der Waals surface area (Å²) < 4.78 is 19.4. The van der Waals surface area contributed by atoms with Crippen LogP contribution in [0.15, 0.2) is 26.5 Å². The minimum absolute atomic E-state index is 0.0585. The van der Waals surface area contributed by atoms with E-state index in [2.05, 4.69) is 15.5 Å². The second-order valence-corrected chi connectivity index (χ2v) is 6.82. The van der Waals surface area contributed by atoms with Crippen LogP contribution in [0.4, 0.5) is 0 Å². The summed E-state index contributed by atoms with van der Waals surface area (Å²) in [4.78, 5) is 41.4. The van der Waals surface area contributed by atoms with Crippen molar-refractivity contribution in [3.05, 3.63) is 44.7 Å². The number of carbonyl (C=O) groups excluding carboxylic acids is 1. The minimum Gasteiger partial charge on any atom is -0.454 e. The van der Waals surface area contributed by atoms with Gasteiger partial charge in [-0.1, -0.05) is 5.16 Å². The predicted molar refractivity (Wildman–Crippen MR) is 105 cm³/mol. The number of nitrogens with one attached hydrogen (secondary N) is 1. The van der Waals surface area contributed by atoms with Gasteiger partial charge in [-0.3, -0.25) is 13.9 Å². The van der Waals surface area contributed by atoms with Crippen molar-refractivity contribution in [3.63, 3.8) is 0 Å². The van der Waals surface area contributed by atoms with Crippen LogP contribution >= 0.6 is 0 Å². The molecule has 0 amide bonds. The third kappa shape index (κ3) is 4.33. The highest BCUT2D eigenvalue weighted by atomic mass is 16.5. The van der Waals surface area contributed by atoms with E-state index in [1.807, 2.05) is 0 Å². The number of imidazole rings is 1. The summed E-state index contributed by atoms with van der Waals surface area (Å²) >= 11 is 0. The lowest BCUT2D eigenvalue weighted by Gasteiger charge is -2.19. The molecule has 3 aromatic rings. The van der Waals surface area contributed by atoms with E-state index in [0.29, 0.717) is 25.5 Å². The van der Waals surface area contributed by atoms with Crippen LogP contribution in [-0.2, 0) is 30.1 Å². The van der Waals surface area contributed by atoms with Crippen molar-refractivity contribution in [2.75, 3.05) is 26.8 Å². The molecule has 12 nitrogen and oxygen atoms in total. The van der Waals surface area contributed by atoms with E-state index in [1.54, 1.807) is 18.6 Å². The first kappa shape index (κ1) is 21.5. The van der Waals surface area contributed by atoms with E-state index in [4.69, 9.17) is 14.0 Å².